The van der Waals surface area contributed by atoms with Gasteiger partial charge in [-0.25, -0.2) is 0 Å². The third kappa shape index (κ3) is 5.31. The third-order valence-electron chi connectivity index (χ3n) is 3.20. The molecule has 0 saturated heterocycles. The van der Waals surface area contributed by atoms with Gasteiger partial charge in [-0.15, -0.1) is 0 Å². The average molecular weight is 343 g/mol. The summed E-state index contributed by atoms with van der Waals surface area (Å²) in [6.07, 6.45) is 0. The van der Waals surface area contributed by atoms with Gasteiger partial charge in [0.25, 0.3) is 17.5 Å². The molecule has 0 aliphatic rings. The van der Waals surface area contributed by atoms with Crippen molar-refractivity contribution >= 4 is 17.5 Å². The fourth-order valence-electron chi connectivity index (χ4n) is 2.16. The van der Waals surface area contributed by atoms with E-state index >= 15 is 0 Å². The number of hydrazine groups is 1. The highest BCUT2D eigenvalue weighted by Gasteiger charge is 2.12. The predicted octanol–water partition coefficient (Wildman–Crippen LogP) is 2.05. The van der Waals surface area contributed by atoms with Crippen LogP contribution in [-0.2, 0) is 4.79 Å². The summed E-state index contributed by atoms with van der Waals surface area (Å²) in [5, 5.41) is 10.7. The van der Waals surface area contributed by atoms with Crippen LogP contribution in [0.5, 0.6) is 5.75 Å². The van der Waals surface area contributed by atoms with Gasteiger partial charge in [0.15, 0.2) is 6.61 Å². The standard InChI is InChI=1S/C17H17N3O5/c1-11-6-12(2)8-15(7-11)25-10-16(21)18-19-17(22)13-4-3-5-14(9-13)20(23)24/h3-9H,10H2,1-2H3,(H,18,21)(H,19,22). The Labute approximate surface area is 143 Å². The number of hydrogen-bond acceptors (Lipinski definition) is 5. The van der Waals surface area contributed by atoms with Crippen LogP contribution in [0.1, 0.15) is 21.5 Å². The molecule has 0 spiro atoms. The van der Waals surface area contributed by atoms with E-state index in [0.717, 1.165) is 17.2 Å². The minimum Gasteiger partial charge on any atom is -0.484 e. The van der Waals surface area contributed by atoms with Gasteiger partial charge in [0.2, 0.25) is 0 Å². The van der Waals surface area contributed by atoms with E-state index in [-0.39, 0.29) is 17.9 Å². The first-order chi connectivity index (χ1) is 11.8. The van der Waals surface area contributed by atoms with Crippen molar-refractivity contribution in [3.05, 3.63) is 69.3 Å². The molecule has 0 aliphatic heterocycles. The Morgan fingerprint density at radius 3 is 2.40 bits per heavy atom. The summed E-state index contributed by atoms with van der Waals surface area (Å²) in [5.41, 5.74) is 6.24. The zero-order chi connectivity index (χ0) is 18.4. The summed E-state index contributed by atoms with van der Waals surface area (Å²) in [7, 11) is 0. The number of nitro benzene ring substituents is 1. The van der Waals surface area contributed by atoms with Gasteiger partial charge in [0, 0.05) is 17.7 Å². The average Bonchev–Trinajstić information content (AvgIpc) is 2.57. The molecule has 0 unspecified atom stereocenters. The van der Waals surface area contributed by atoms with E-state index in [1.807, 2.05) is 19.9 Å². The molecular weight excluding hydrogens is 326 g/mol. The van der Waals surface area contributed by atoms with Crippen molar-refractivity contribution in [2.75, 3.05) is 6.61 Å². The number of hydrogen-bond donors (Lipinski definition) is 2. The zero-order valence-corrected chi connectivity index (χ0v) is 13.7. The van der Waals surface area contributed by atoms with Crippen molar-refractivity contribution < 1.29 is 19.2 Å². The van der Waals surface area contributed by atoms with E-state index in [9.17, 15) is 19.7 Å². The SMILES string of the molecule is Cc1cc(C)cc(OCC(=O)NNC(=O)c2cccc([N+](=O)[O-])c2)c1. The van der Waals surface area contributed by atoms with Crippen LogP contribution in [0.15, 0.2) is 42.5 Å². The van der Waals surface area contributed by atoms with Gasteiger partial charge in [-0.2, -0.15) is 0 Å². The second-order valence-electron chi connectivity index (χ2n) is 5.42. The third-order valence-corrected chi connectivity index (χ3v) is 3.20. The number of nitrogens with one attached hydrogen (secondary N) is 2. The lowest BCUT2D eigenvalue weighted by molar-refractivity contribution is -0.384. The second-order valence-corrected chi connectivity index (χ2v) is 5.42. The smallest absolute Gasteiger partial charge is 0.276 e. The molecule has 0 radical (unpaired) electrons. The van der Waals surface area contributed by atoms with Gasteiger partial charge in [-0.1, -0.05) is 12.1 Å². The number of nitro groups is 1. The van der Waals surface area contributed by atoms with Gasteiger partial charge in [0.05, 0.1) is 4.92 Å². The monoisotopic (exact) mass is 343 g/mol. The van der Waals surface area contributed by atoms with E-state index in [2.05, 4.69) is 10.9 Å². The highest BCUT2D eigenvalue weighted by atomic mass is 16.6. The lowest BCUT2D eigenvalue weighted by atomic mass is 10.1. The summed E-state index contributed by atoms with van der Waals surface area (Å²) in [6.45, 7) is 3.55. The molecule has 8 nitrogen and oxygen atoms in total. The molecule has 2 N–H and O–H groups in total. The van der Waals surface area contributed by atoms with Crippen LogP contribution < -0.4 is 15.6 Å². The number of amides is 2. The van der Waals surface area contributed by atoms with E-state index in [0.29, 0.717) is 5.75 Å². The highest BCUT2D eigenvalue weighted by Crippen LogP contribution is 2.16. The van der Waals surface area contributed by atoms with Crippen molar-refractivity contribution in [3.8, 4) is 5.75 Å². The van der Waals surface area contributed by atoms with Crippen molar-refractivity contribution in [1.82, 2.24) is 10.9 Å². The Hall–Kier alpha value is -3.42. The Morgan fingerprint density at radius 2 is 1.76 bits per heavy atom. The lowest BCUT2D eigenvalue weighted by Gasteiger charge is -2.10. The molecule has 0 fully saturated rings. The summed E-state index contributed by atoms with van der Waals surface area (Å²) in [6, 6.07) is 10.7. The van der Waals surface area contributed by atoms with Gasteiger partial charge < -0.3 is 4.74 Å². The van der Waals surface area contributed by atoms with Crippen LogP contribution >= 0.6 is 0 Å². The van der Waals surface area contributed by atoms with E-state index in [4.69, 9.17) is 4.74 Å². The van der Waals surface area contributed by atoms with E-state index < -0.39 is 16.7 Å². The molecule has 25 heavy (non-hydrogen) atoms. The van der Waals surface area contributed by atoms with Gasteiger partial charge in [-0.05, 0) is 43.2 Å². The minimum absolute atomic E-state index is 0.0599. The Morgan fingerprint density at radius 1 is 1.08 bits per heavy atom. The maximum absolute atomic E-state index is 11.9. The van der Waals surface area contributed by atoms with Gasteiger partial charge in [-0.3, -0.25) is 30.6 Å². The van der Waals surface area contributed by atoms with Crippen LogP contribution in [0, 0.1) is 24.0 Å². The molecule has 0 atom stereocenters. The Balaban J connectivity index is 1.86. The molecule has 0 heterocycles. The van der Waals surface area contributed by atoms with Crippen LogP contribution in [0.25, 0.3) is 0 Å². The molecular formula is C17H17N3O5. The van der Waals surface area contributed by atoms with Crippen molar-refractivity contribution in [2.24, 2.45) is 0 Å². The molecule has 0 aliphatic carbocycles. The van der Waals surface area contributed by atoms with Crippen molar-refractivity contribution in [3.63, 3.8) is 0 Å². The molecule has 0 saturated carbocycles. The van der Waals surface area contributed by atoms with Crippen LogP contribution in [-0.4, -0.2) is 23.3 Å². The maximum Gasteiger partial charge on any atom is 0.276 e. The highest BCUT2D eigenvalue weighted by molar-refractivity contribution is 5.96. The summed E-state index contributed by atoms with van der Waals surface area (Å²) in [5.74, 6) is -0.668. The number of carbonyl (C=O) groups excluding carboxylic acids is 2. The molecule has 2 aromatic rings. The number of nitrogens with zero attached hydrogens (tertiary/aromatic N) is 1. The van der Waals surface area contributed by atoms with E-state index in [1.54, 1.807) is 12.1 Å². The zero-order valence-electron chi connectivity index (χ0n) is 13.7. The van der Waals surface area contributed by atoms with Gasteiger partial charge >= 0.3 is 0 Å². The largest absolute Gasteiger partial charge is 0.484 e. The number of aryl methyl sites for hydroxylation is 2. The summed E-state index contributed by atoms with van der Waals surface area (Å²) < 4.78 is 5.37. The number of non-ortho nitro benzene ring substituents is 1. The predicted molar refractivity (Wildman–Crippen MR) is 90.1 cm³/mol. The second kappa shape index (κ2) is 7.91. The molecule has 0 aromatic heterocycles. The van der Waals surface area contributed by atoms with Crippen LogP contribution in [0.4, 0.5) is 5.69 Å². The van der Waals surface area contributed by atoms with Gasteiger partial charge in [0.1, 0.15) is 5.75 Å². The van der Waals surface area contributed by atoms with E-state index in [1.165, 1.54) is 18.2 Å². The maximum atomic E-state index is 11.9. The quantitative estimate of drug-likeness (QED) is 0.638. The van der Waals surface area contributed by atoms with Crippen molar-refractivity contribution in [2.45, 2.75) is 13.8 Å². The Kier molecular flexibility index (Phi) is 5.67. The lowest BCUT2D eigenvalue weighted by Crippen LogP contribution is -2.43. The first kappa shape index (κ1) is 17.9. The van der Waals surface area contributed by atoms with Crippen molar-refractivity contribution in [1.29, 1.82) is 0 Å². The normalized spacial score (nSPS) is 10.0. The number of rotatable bonds is 5. The minimum atomic E-state index is -0.663. The molecule has 2 rings (SSSR count). The number of benzene rings is 2. The molecule has 130 valence electrons. The van der Waals surface area contributed by atoms with Crippen LogP contribution in [0.3, 0.4) is 0 Å². The molecule has 2 amide bonds. The number of carbonyl (C=O) groups is 2. The Bertz CT molecular complexity index is 799. The fraction of sp³-hybridized carbons (Fsp3) is 0.176. The van der Waals surface area contributed by atoms with Crippen LogP contribution in [0.2, 0.25) is 0 Å². The number of ether oxygens (including phenoxy) is 1. The molecule has 0 bridgehead atoms. The topological polar surface area (TPSA) is 111 Å². The summed E-state index contributed by atoms with van der Waals surface area (Å²) in [4.78, 5) is 33.7. The summed E-state index contributed by atoms with van der Waals surface area (Å²) >= 11 is 0. The molecule has 2 aromatic carbocycles. The fourth-order valence-corrected chi connectivity index (χ4v) is 2.16. The first-order valence-corrected chi connectivity index (χ1v) is 7.40. The first-order valence-electron chi connectivity index (χ1n) is 7.40. The molecule has 8 heteroatoms.